The van der Waals surface area contributed by atoms with Crippen LogP contribution < -0.4 is 5.32 Å². The third-order valence-electron chi connectivity index (χ3n) is 2.43. The van der Waals surface area contributed by atoms with Crippen molar-refractivity contribution in [2.45, 2.75) is 12.6 Å². The number of nitrogens with zero attached hydrogens (tertiary/aromatic N) is 1. The molecule has 1 atom stereocenters. The first-order chi connectivity index (χ1) is 8.54. The summed E-state index contributed by atoms with van der Waals surface area (Å²) in [6.45, 7) is 0. The number of likely N-dealkylation sites (N-methyl/N-ethyl adjacent to an activating group) is 1. The van der Waals surface area contributed by atoms with Gasteiger partial charge in [0, 0.05) is 20.5 Å². The quantitative estimate of drug-likeness (QED) is 0.796. The van der Waals surface area contributed by atoms with E-state index in [4.69, 9.17) is 9.84 Å². The van der Waals surface area contributed by atoms with Crippen molar-refractivity contribution in [2.24, 2.45) is 0 Å². The normalized spacial score (nSPS) is 11.4. The lowest BCUT2D eigenvalue weighted by molar-refractivity contribution is 0.00919. The van der Waals surface area contributed by atoms with Crippen LogP contribution in [0.25, 0.3) is 0 Å². The molecule has 0 aliphatic rings. The maximum Gasteiger partial charge on any atom is 0.409 e. The van der Waals surface area contributed by atoms with E-state index in [1.54, 1.807) is 0 Å². The summed E-state index contributed by atoms with van der Waals surface area (Å²) in [5, 5.41) is 11.2. The van der Waals surface area contributed by atoms with Gasteiger partial charge in [0.2, 0.25) is 0 Å². The molecule has 18 heavy (non-hydrogen) atoms. The molecule has 1 aromatic carbocycles. The van der Waals surface area contributed by atoms with Crippen LogP contribution in [0.1, 0.15) is 5.56 Å². The Bertz CT molecular complexity index is 408. The second-order valence-corrected chi connectivity index (χ2v) is 3.69. The van der Waals surface area contributed by atoms with Crippen LogP contribution in [-0.2, 0) is 11.2 Å². The minimum atomic E-state index is -1.15. The topological polar surface area (TPSA) is 78.9 Å². The molecular formula is C12H16N2O4. The van der Waals surface area contributed by atoms with E-state index in [2.05, 4.69) is 5.32 Å². The van der Waals surface area contributed by atoms with Crippen molar-refractivity contribution in [3.63, 3.8) is 0 Å². The number of alkyl carbamates (subject to hydrolysis) is 1. The molecule has 6 nitrogen and oxygen atoms in total. The van der Waals surface area contributed by atoms with Crippen LogP contribution in [0.4, 0.5) is 9.59 Å². The van der Waals surface area contributed by atoms with Crippen LogP contribution in [0.3, 0.4) is 0 Å². The molecule has 0 bridgehead atoms. The van der Waals surface area contributed by atoms with Crippen molar-refractivity contribution >= 4 is 12.2 Å². The monoisotopic (exact) mass is 252 g/mol. The molecular weight excluding hydrogens is 236 g/mol. The van der Waals surface area contributed by atoms with E-state index in [9.17, 15) is 9.59 Å². The Morgan fingerprint density at radius 2 is 2.00 bits per heavy atom. The number of rotatable bonds is 4. The van der Waals surface area contributed by atoms with E-state index in [-0.39, 0.29) is 0 Å². The Morgan fingerprint density at radius 1 is 1.39 bits per heavy atom. The second kappa shape index (κ2) is 6.48. The fourth-order valence-corrected chi connectivity index (χ4v) is 1.38. The van der Waals surface area contributed by atoms with Gasteiger partial charge in [-0.2, -0.15) is 0 Å². The molecule has 1 unspecified atom stereocenters. The summed E-state index contributed by atoms with van der Waals surface area (Å²) < 4.78 is 5.02. The largest absolute Gasteiger partial charge is 0.465 e. The first kappa shape index (κ1) is 13.8. The van der Waals surface area contributed by atoms with Crippen molar-refractivity contribution < 1.29 is 19.4 Å². The molecule has 0 radical (unpaired) electrons. The van der Waals surface area contributed by atoms with Gasteiger partial charge in [-0.1, -0.05) is 30.3 Å². The van der Waals surface area contributed by atoms with E-state index in [0.717, 1.165) is 10.5 Å². The van der Waals surface area contributed by atoms with Gasteiger partial charge < -0.3 is 15.2 Å². The Hall–Kier alpha value is -2.24. The number of hydrogen-bond donors (Lipinski definition) is 2. The third kappa shape index (κ3) is 3.97. The molecule has 6 heteroatoms. The van der Waals surface area contributed by atoms with E-state index in [1.807, 2.05) is 30.3 Å². The van der Waals surface area contributed by atoms with Gasteiger partial charge in [0.05, 0.1) is 0 Å². The van der Waals surface area contributed by atoms with Gasteiger partial charge in [-0.3, -0.25) is 4.90 Å². The lowest BCUT2D eigenvalue weighted by Gasteiger charge is -2.25. The highest BCUT2D eigenvalue weighted by Crippen LogP contribution is 2.09. The smallest absolute Gasteiger partial charge is 0.409 e. The zero-order valence-corrected chi connectivity index (χ0v) is 10.3. The molecule has 98 valence electrons. The number of carbonyl (C=O) groups is 2. The molecule has 0 saturated heterocycles. The summed E-state index contributed by atoms with van der Waals surface area (Å²) in [5.74, 6) is 0. The molecule has 0 heterocycles. The first-order valence-corrected chi connectivity index (χ1v) is 5.42. The average Bonchev–Trinajstić information content (AvgIpc) is 2.38. The number of hydrogen-bond acceptors (Lipinski definition) is 3. The summed E-state index contributed by atoms with van der Waals surface area (Å²) >= 11 is 0. The maximum absolute atomic E-state index is 11.2. The van der Waals surface area contributed by atoms with Gasteiger partial charge in [0.15, 0.2) is 6.23 Å². The molecule has 0 aliphatic carbocycles. The molecule has 1 aromatic rings. The van der Waals surface area contributed by atoms with Gasteiger partial charge in [-0.15, -0.1) is 0 Å². The number of amides is 2. The third-order valence-corrected chi connectivity index (χ3v) is 2.43. The van der Waals surface area contributed by atoms with Crippen molar-refractivity contribution in [1.82, 2.24) is 10.2 Å². The number of carboxylic acid groups (broad SMARTS) is 1. The van der Waals surface area contributed by atoms with Crippen LogP contribution in [0, 0.1) is 0 Å². The molecule has 0 aromatic heterocycles. The molecule has 0 aliphatic heterocycles. The average molecular weight is 252 g/mol. The Kier molecular flexibility index (Phi) is 4.98. The number of nitrogens with one attached hydrogen (secondary N) is 1. The van der Waals surface area contributed by atoms with Crippen LogP contribution >= 0.6 is 0 Å². The molecule has 2 N–H and O–H groups in total. The minimum absolute atomic E-state index is 0.303. The summed E-state index contributed by atoms with van der Waals surface area (Å²) in [6.07, 6.45) is -2.37. The van der Waals surface area contributed by atoms with E-state index < -0.39 is 18.4 Å². The van der Waals surface area contributed by atoms with Crippen molar-refractivity contribution in [2.75, 3.05) is 14.1 Å². The zero-order chi connectivity index (χ0) is 13.5. The SMILES string of the molecule is CNC(=O)OC(Cc1ccccc1)N(C)C(=O)O. The molecule has 1 rings (SSSR count). The fraction of sp³-hybridized carbons (Fsp3) is 0.333. The van der Waals surface area contributed by atoms with E-state index >= 15 is 0 Å². The Labute approximate surface area is 105 Å². The highest BCUT2D eigenvalue weighted by atomic mass is 16.6. The fourth-order valence-electron chi connectivity index (χ4n) is 1.38. The van der Waals surface area contributed by atoms with Gasteiger partial charge in [-0.25, -0.2) is 9.59 Å². The standard InChI is InChI=1S/C12H16N2O4/c1-13-11(15)18-10(14(2)12(16)17)8-9-6-4-3-5-7-9/h3-7,10H,8H2,1-2H3,(H,13,15)(H,16,17). The highest BCUT2D eigenvalue weighted by molar-refractivity contribution is 5.68. The van der Waals surface area contributed by atoms with Crippen molar-refractivity contribution in [3.05, 3.63) is 35.9 Å². The molecule has 0 fully saturated rings. The molecule has 2 amide bonds. The number of benzene rings is 1. The highest BCUT2D eigenvalue weighted by Gasteiger charge is 2.23. The summed E-state index contributed by atoms with van der Waals surface area (Å²) in [7, 11) is 2.78. The molecule has 0 spiro atoms. The predicted octanol–water partition coefficient (Wildman–Crippen LogP) is 1.52. The number of carbonyl (C=O) groups excluding carboxylic acids is 1. The summed E-state index contributed by atoms with van der Waals surface area (Å²) in [5.41, 5.74) is 0.888. The Balaban J connectivity index is 2.77. The zero-order valence-electron chi connectivity index (χ0n) is 10.3. The van der Waals surface area contributed by atoms with Crippen LogP contribution in [0.15, 0.2) is 30.3 Å². The predicted molar refractivity (Wildman–Crippen MR) is 65.3 cm³/mol. The van der Waals surface area contributed by atoms with Gasteiger partial charge in [0.25, 0.3) is 0 Å². The van der Waals surface area contributed by atoms with Gasteiger partial charge in [-0.05, 0) is 5.56 Å². The summed E-state index contributed by atoms with van der Waals surface area (Å²) in [6, 6.07) is 9.23. The lowest BCUT2D eigenvalue weighted by Crippen LogP contribution is -2.42. The Morgan fingerprint density at radius 3 is 2.50 bits per heavy atom. The molecule has 0 saturated carbocycles. The first-order valence-electron chi connectivity index (χ1n) is 5.42. The minimum Gasteiger partial charge on any atom is -0.465 e. The van der Waals surface area contributed by atoms with Crippen molar-refractivity contribution in [1.29, 1.82) is 0 Å². The summed E-state index contributed by atoms with van der Waals surface area (Å²) in [4.78, 5) is 23.1. The van der Waals surface area contributed by atoms with Crippen LogP contribution in [0.5, 0.6) is 0 Å². The van der Waals surface area contributed by atoms with Crippen LogP contribution in [-0.4, -0.2) is 42.5 Å². The van der Waals surface area contributed by atoms with Gasteiger partial charge in [0.1, 0.15) is 0 Å². The maximum atomic E-state index is 11.2. The van der Waals surface area contributed by atoms with Crippen LogP contribution in [0.2, 0.25) is 0 Å². The lowest BCUT2D eigenvalue weighted by atomic mass is 10.1. The second-order valence-electron chi connectivity index (χ2n) is 3.69. The van der Waals surface area contributed by atoms with E-state index in [1.165, 1.54) is 14.1 Å². The van der Waals surface area contributed by atoms with E-state index in [0.29, 0.717) is 6.42 Å². The van der Waals surface area contributed by atoms with Gasteiger partial charge >= 0.3 is 12.2 Å². The number of ether oxygens (including phenoxy) is 1. The van der Waals surface area contributed by atoms with Crippen molar-refractivity contribution in [3.8, 4) is 0 Å².